The molecule has 1 unspecified atom stereocenters. The quantitative estimate of drug-likeness (QED) is 0.863. The third-order valence-electron chi connectivity index (χ3n) is 5.35. The van der Waals surface area contributed by atoms with E-state index in [4.69, 9.17) is 4.74 Å². The number of ether oxygens (including phenoxy) is 1. The molecule has 3 saturated heterocycles. The number of rotatable bonds is 4. The largest absolute Gasteiger partial charge is 0.456 e. The topological polar surface area (TPSA) is 54.5 Å². The van der Waals surface area contributed by atoms with E-state index in [9.17, 15) is 18.0 Å². The number of alkyl halides is 3. The molecule has 0 radical (unpaired) electrons. The van der Waals surface area contributed by atoms with Gasteiger partial charge in [0.1, 0.15) is 17.2 Å². The van der Waals surface area contributed by atoms with Crippen LogP contribution in [-0.2, 0) is 6.18 Å². The molecule has 8 heteroatoms. The average molecular weight is 391 g/mol. The van der Waals surface area contributed by atoms with Crippen LogP contribution in [0.4, 0.5) is 13.2 Å². The highest BCUT2D eigenvalue weighted by Crippen LogP contribution is 2.30. The van der Waals surface area contributed by atoms with Crippen molar-refractivity contribution in [2.24, 2.45) is 5.92 Å². The zero-order valence-electron chi connectivity index (χ0n) is 15.1. The van der Waals surface area contributed by atoms with Gasteiger partial charge in [0.05, 0.1) is 6.20 Å². The maximum Gasteiger partial charge on any atom is 0.433 e. The highest BCUT2D eigenvalue weighted by atomic mass is 19.4. The van der Waals surface area contributed by atoms with Crippen LogP contribution in [0, 0.1) is 5.92 Å². The summed E-state index contributed by atoms with van der Waals surface area (Å²) in [5.41, 5.74) is -0.450. The van der Waals surface area contributed by atoms with Crippen LogP contribution >= 0.6 is 0 Å². The van der Waals surface area contributed by atoms with E-state index in [1.807, 2.05) is 0 Å². The summed E-state index contributed by atoms with van der Waals surface area (Å²) in [7, 11) is 0. The molecule has 28 heavy (non-hydrogen) atoms. The summed E-state index contributed by atoms with van der Waals surface area (Å²) in [4.78, 5) is 18.2. The van der Waals surface area contributed by atoms with Crippen molar-refractivity contribution in [2.45, 2.75) is 25.1 Å². The van der Waals surface area contributed by atoms with Crippen molar-refractivity contribution in [1.29, 1.82) is 0 Å². The van der Waals surface area contributed by atoms with Gasteiger partial charge in [-0.25, -0.2) is 4.98 Å². The fourth-order valence-electron chi connectivity index (χ4n) is 3.80. The number of aromatic nitrogens is 1. The number of nitrogens with one attached hydrogen (secondary N) is 1. The first-order valence-corrected chi connectivity index (χ1v) is 9.23. The van der Waals surface area contributed by atoms with Crippen LogP contribution in [0.15, 0.2) is 42.6 Å². The Labute approximate surface area is 160 Å². The molecule has 0 spiro atoms. The van der Waals surface area contributed by atoms with E-state index < -0.39 is 11.9 Å². The van der Waals surface area contributed by atoms with E-state index >= 15 is 0 Å². The Morgan fingerprint density at radius 1 is 1.07 bits per heavy atom. The summed E-state index contributed by atoms with van der Waals surface area (Å²) < 4.78 is 43.1. The van der Waals surface area contributed by atoms with E-state index in [0.717, 1.165) is 44.7 Å². The van der Waals surface area contributed by atoms with Crippen LogP contribution in [0.1, 0.15) is 28.9 Å². The van der Waals surface area contributed by atoms with Gasteiger partial charge < -0.3 is 15.0 Å². The van der Waals surface area contributed by atoms with Gasteiger partial charge in [0.2, 0.25) is 0 Å². The van der Waals surface area contributed by atoms with Gasteiger partial charge in [-0.1, -0.05) is 0 Å². The van der Waals surface area contributed by atoms with E-state index in [0.29, 0.717) is 17.2 Å². The normalized spacial score (nSPS) is 24.0. The first-order valence-electron chi connectivity index (χ1n) is 9.23. The van der Waals surface area contributed by atoms with Crippen molar-refractivity contribution < 1.29 is 22.7 Å². The Bertz CT molecular complexity index is 829. The third kappa shape index (κ3) is 4.11. The molecule has 3 aliphatic rings. The second kappa shape index (κ2) is 7.43. The summed E-state index contributed by atoms with van der Waals surface area (Å²) in [6.07, 6.45) is -1.21. The fourth-order valence-corrected chi connectivity index (χ4v) is 3.80. The number of hydrogen-bond donors (Lipinski definition) is 1. The number of carbonyl (C=O) groups is 1. The van der Waals surface area contributed by atoms with E-state index in [2.05, 4.69) is 15.2 Å². The number of pyridine rings is 1. The smallest absolute Gasteiger partial charge is 0.433 e. The van der Waals surface area contributed by atoms with Gasteiger partial charge in [-0.2, -0.15) is 13.2 Å². The Morgan fingerprint density at radius 3 is 2.29 bits per heavy atom. The highest BCUT2D eigenvalue weighted by Gasteiger charge is 2.35. The molecule has 1 aromatic carbocycles. The van der Waals surface area contributed by atoms with Gasteiger partial charge >= 0.3 is 6.18 Å². The molecule has 1 N–H and O–H groups in total. The van der Waals surface area contributed by atoms with Crippen LogP contribution in [0.25, 0.3) is 0 Å². The Balaban J connectivity index is 1.36. The van der Waals surface area contributed by atoms with Crippen molar-refractivity contribution in [2.75, 3.05) is 19.6 Å². The van der Waals surface area contributed by atoms with Crippen molar-refractivity contribution >= 4 is 5.91 Å². The minimum Gasteiger partial charge on any atom is -0.456 e. The SMILES string of the molecule is O=C(NC1CN2CCC1CC2)c1ccc(Oc2ccc(C(F)(F)F)nc2)cc1. The van der Waals surface area contributed by atoms with Gasteiger partial charge in [0, 0.05) is 18.2 Å². The standard InChI is InChI=1S/C20H20F3N3O2/c21-20(22,23)18-6-5-16(11-24-18)28-15-3-1-14(2-4-15)19(27)25-17-12-26-9-7-13(17)8-10-26/h1-6,11,13,17H,7-10,12H2,(H,25,27). The zero-order valence-corrected chi connectivity index (χ0v) is 15.1. The first-order chi connectivity index (χ1) is 13.4. The van der Waals surface area contributed by atoms with Gasteiger partial charge in [-0.05, 0) is 68.2 Å². The zero-order chi connectivity index (χ0) is 19.7. The number of fused-ring (bicyclic) bond motifs is 3. The molecule has 3 aliphatic heterocycles. The maximum absolute atomic E-state index is 12.5. The van der Waals surface area contributed by atoms with Crippen LogP contribution in [-0.4, -0.2) is 41.5 Å². The van der Waals surface area contributed by atoms with Gasteiger partial charge in [-0.15, -0.1) is 0 Å². The molecule has 0 aliphatic carbocycles. The molecule has 148 valence electrons. The summed E-state index contributed by atoms with van der Waals surface area (Å²) in [5.74, 6) is 1.03. The second-order valence-corrected chi connectivity index (χ2v) is 7.22. The minimum atomic E-state index is -4.48. The number of nitrogens with zero attached hydrogens (tertiary/aromatic N) is 2. The lowest BCUT2D eigenvalue weighted by atomic mass is 9.84. The summed E-state index contributed by atoms with van der Waals surface area (Å²) in [6.45, 7) is 3.13. The van der Waals surface area contributed by atoms with E-state index in [1.165, 1.54) is 6.07 Å². The van der Waals surface area contributed by atoms with Gasteiger partial charge in [-0.3, -0.25) is 4.79 Å². The van der Waals surface area contributed by atoms with Gasteiger partial charge in [0.25, 0.3) is 5.91 Å². The molecule has 2 aromatic rings. The van der Waals surface area contributed by atoms with Crippen molar-refractivity contribution in [3.8, 4) is 11.5 Å². The summed E-state index contributed by atoms with van der Waals surface area (Å²) in [6, 6.07) is 8.78. The molecule has 5 nitrogen and oxygen atoms in total. The first kappa shape index (κ1) is 18.7. The van der Waals surface area contributed by atoms with E-state index in [-0.39, 0.29) is 17.7 Å². The number of halogens is 3. The predicted molar refractivity (Wildman–Crippen MR) is 96.2 cm³/mol. The highest BCUT2D eigenvalue weighted by molar-refractivity contribution is 5.94. The molecule has 1 atom stereocenters. The van der Waals surface area contributed by atoms with Crippen molar-refractivity contribution in [3.05, 3.63) is 53.9 Å². The lowest BCUT2D eigenvalue weighted by Crippen LogP contribution is -2.57. The molecular formula is C20H20F3N3O2. The lowest BCUT2D eigenvalue weighted by Gasteiger charge is -2.44. The molecule has 0 saturated carbocycles. The van der Waals surface area contributed by atoms with E-state index in [1.54, 1.807) is 24.3 Å². The fraction of sp³-hybridized carbons (Fsp3) is 0.400. The van der Waals surface area contributed by atoms with Crippen LogP contribution in [0.2, 0.25) is 0 Å². The molecule has 4 heterocycles. The molecule has 1 amide bonds. The lowest BCUT2D eigenvalue weighted by molar-refractivity contribution is -0.141. The Morgan fingerprint density at radius 2 is 1.75 bits per heavy atom. The maximum atomic E-state index is 12.5. The van der Waals surface area contributed by atoms with Crippen LogP contribution in [0.5, 0.6) is 11.5 Å². The monoisotopic (exact) mass is 391 g/mol. The third-order valence-corrected chi connectivity index (χ3v) is 5.35. The number of piperidine rings is 3. The Hall–Kier alpha value is -2.61. The summed E-state index contributed by atoms with van der Waals surface area (Å²) >= 11 is 0. The summed E-state index contributed by atoms with van der Waals surface area (Å²) in [5, 5.41) is 3.12. The molecule has 5 rings (SSSR count). The van der Waals surface area contributed by atoms with Crippen molar-refractivity contribution in [3.63, 3.8) is 0 Å². The van der Waals surface area contributed by atoms with Crippen LogP contribution in [0.3, 0.4) is 0 Å². The molecule has 3 fully saturated rings. The molecule has 2 bridgehead atoms. The van der Waals surface area contributed by atoms with Crippen molar-refractivity contribution in [1.82, 2.24) is 15.2 Å². The number of amides is 1. The molecule has 1 aromatic heterocycles. The Kier molecular flexibility index (Phi) is 4.97. The number of carbonyl (C=O) groups excluding carboxylic acids is 1. The minimum absolute atomic E-state index is 0.124. The van der Waals surface area contributed by atoms with Crippen LogP contribution < -0.4 is 10.1 Å². The second-order valence-electron chi connectivity index (χ2n) is 7.22. The number of benzene rings is 1. The predicted octanol–water partition coefficient (Wildman–Crippen LogP) is 3.72. The van der Waals surface area contributed by atoms with Gasteiger partial charge in [0.15, 0.2) is 0 Å². The average Bonchev–Trinajstić information content (AvgIpc) is 2.69. The number of hydrogen-bond acceptors (Lipinski definition) is 4. The molecular weight excluding hydrogens is 371 g/mol.